The van der Waals surface area contributed by atoms with Crippen LogP contribution in [0, 0.1) is 6.92 Å². The van der Waals surface area contributed by atoms with E-state index in [9.17, 15) is 13.2 Å². The van der Waals surface area contributed by atoms with E-state index in [1.807, 2.05) is 0 Å². The van der Waals surface area contributed by atoms with Gasteiger partial charge in [-0.05, 0) is 19.1 Å². The first-order valence-corrected chi connectivity index (χ1v) is 7.00. The van der Waals surface area contributed by atoms with Gasteiger partial charge in [-0.1, -0.05) is 0 Å². The number of carboxylic acids is 1. The molecule has 0 fully saturated rings. The van der Waals surface area contributed by atoms with Crippen molar-refractivity contribution in [1.29, 1.82) is 0 Å². The van der Waals surface area contributed by atoms with Crippen LogP contribution in [-0.2, 0) is 10.0 Å². The van der Waals surface area contributed by atoms with Crippen LogP contribution in [0.3, 0.4) is 0 Å². The van der Waals surface area contributed by atoms with Crippen LogP contribution in [0.5, 0.6) is 0 Å². The zero-order valence-electron chi connectivity index (χ0n) is 10.8. The van der Waals surface area contributed by atoms with Gasteiger partial charge in [0.1, 0.15) is 10.7 Å². The van der Waals surface area contributed by atoms with E-state index in [1.54, 1.807) is 0 Å². The number of aromatic nitrogens is 1. The van der Waals surface area contributed by atoms with Crippen molar-refractivity contribution in [1.82, 2.24) is 4.98 Å². The van der Waals surface area contributed by atoms with E-state index in [1.165, 1.54) is 38.5 Å². The van der Waals surface area contributed by atoms with Crippen LogP contribution in [0.25, 0.3) is 0 Å². The van der Waals surface area contributed by atoms with Gasteiger partial charge in [-0.3, -0.25) is 9.29 Å². The Bertz CT molecular complexity index is 736. The fraction of sp³-hybridized carbons (Fsp3) is 0.167. The smallest absolute Gasteiger partial charge is 0.371 e. The number of aryl methyl sites for hydroxylation is 1. The van der Waals surface area contributed by atoms with Gasteiger partial charge in [-0.2, -0.15) is 0 Å². The Kier molecular flexibility index (Phi) is 3.49. The first kappa shape index (κ1) is 14.1. The highest BCUT2D eigenvalue weighted by Gasteiger charge is 2.28. The maximum atomic E-state index is 12.4. The van der Waals surface area contributed by atoms with E-state index in [0.717, 1.165) is 10.4 Å². The quantitative estimate of drug-likeness (QED) is 0.917. The Morgan fingerprint density at radius 3 is 2.45 bits per heavy atom. The molecule has 0 spiro atoms. The Morgan fingerprint density at radius 2 is 1.95 bits per heavy atom. The van der Waals surface area contributed by atoms with Gasteiger partial charge < -0.3 is 9.52 Å². The van der Waals surface area contributed by atoms with Crippen LogP contribution in [0.2, 0.25) is 0 Å². The Labute approximate surface area is 115 Å². The minimum Gasteiger partial charge on any atom is -0.475 e. The summed E-state index contributed by atoms with van der Waals surface area (Å²) in [5, 5.41) is 8.83. The van der Waals surface area contributed by atoms with Gasteiger partial charge in [-0.25, -0.2) is 13.2 Å². The van der Waals surface area contributed by atoms with Crippen LogP contribution in [0.1, 0.15) is 16.3 Å². The molecule has 0 saturated heterocycles. The Hall–Kier alpha value is -2.35. The second kappa shape index (κ2) is 4.97. The average Bonchev–Trinajstić information content (AvgIpc) is 2.82. The van der Waals surface area contributed by atoms with Crippen molar-refractivity contribution in [3.63, 3.8) is 0 Å². The molecular formula is C12H12N2O5S. The number of nitrogens with zero attached hydrogens (tertiary/aromatic N) is 2. The third kappa shape index (κ3) is 2.37. The topological polar surface area (TPSA) is 101 Å². The third-order valence-electron chi connectivity index (χ3n) is 2.75. The zero-order valence-corrected chi connectivity index (χ0v) is 11.6. The number of carbonyl (C=O) groups is 1. The van der Waals surface area contributed by atoms with Gasteiger partial charge in [0.25, 0.3) is 10.0 Å². The fourth-order valence-electron chi connectivity index (χ4n) is 1.67. The Morgan fingerprint density at radius 1 is 1.35 bits per heavy atom. The molecule has 106 valence electrons. The molecule has 0 unspecified atom stereocenters. The summed E-state index contributed by atoms with van der Waals surface area (Å²) >= 11 is 0. The SMILES string of the molecule is Cc1oc(C(=O)O)cc1S(=O)(=O)N(C)c1ccncc1. The first-order valence-electron chi connectivity index (χ1n) is 5.56. The molecule has 8 heteroatoms. The lowest BCUT2D eigenvalue weighted by atomic mass is 10.4. The summed E-state index contributed by atoms with van der Waals surface area (Å²) in [6.45, 7) is 1.40. The molecule has 0 aromatic carbocycles. The second-order valence-electron chi connectivity index (χ2n) is 4.01. The summed E-state index contributed by atoms with van der Waals surface area (Å²) in [7, 11) is -2.51. The molecule has 0 bridgehead atoms. The lowest BCUT2D eigenvalue weighted by Gasteiger charge is -2.18. The number of sulfonamides is 1. The van der Waals surface area contributed by atoms with Crippen molar-refractivity contribution >= 4 is 21.7 Å². The highest BCUT2D eigenvalue weighted by molar-refractivity contribution is 7.92. The highest BCUT2D eigenvalue weighted by Crippen LogP contribution is 2.26. The molecule has 0 aliphatic rings. The van der Waals surface area contributed by atoms with E-state index in [4.69, 9.17) is 9.52 Å². The normalized spacial score (nSPS) is 11.3. The summed E-state index contributed by atoms with van der Waals surface area (Å²) in [5.74, 6) is -1.70. The molecule has 0 radical (unpaired) electrons. The van der Waals surface area contributed by atoms with Crippen LogP contribution in [-0.4, -0.2) is 31.5 Å². The molecule has 2 aromatic heterocycles. The number of carboxylic acid groups (broad SMARTS) is 1. The van der Waals surface area contributed by atoms with Gasteiger partial charge in [-0.15, -0.1) is 0 Å². The Balaban J connectivity index is 2.48. The number of hydrogen-bond acceptors (Lipinski definition) is 5. The molecule has 0 atom stereocenters. The molecule has 20 heavy (non-hydrogen) atoms. The number of hydrogen-bond donors (Lipinski definition) is 1. The number of furan rings is 1. The molecule has 0 saturated carbocycles. The molecule has 1 N–H and O–H groups in total. The van der Waals surface area contributed by atoms with Crippen molar-refractivity contribution in [3.05, 3.63) is 42.1 Å². The summed E-state index contributed by atoms with van der Waals surface area (Å²) in [5.41, 5.74) is 0.414. The molecule has 2 rings (SSSR count). The van der Waals surface area contributed by atoms with Crippen LogP contribution >= 0.6 is 0 Å². The van der Waals surface area contributed by atoms with E-state index >= 15 is 0 Å². The molecular weight excluding hydrogens is 284 g/mol. The molecule has 2 aromatic rings. The van der Waals surface area contributed by atoms with Gasteiger partial charge in [0, 0.05) is 25.5 Å². The summed E-state index contributed by atoms with van der Waals surface area (Å²) in [4.78, 5) is 14.5. The maximum absolute atomic E-state index is 12.4. The van der Waals surface area contributed by atoms with Crippen LogP contribution < -0.4 is 4.31 Å². The third-order valence-corrected chi connectivity index (χ3v) is 4.64. The van der Waals surface area contributed by atoms with E-state index in [2.05, 4.69) is 4.98 Å². The number of anilines is 1. The molecule has 0 aliphatic heterocycles. The van der Waals surface area contributed by atoms with E-state index in [-0.39, 0.29) is 10.7 Å². The lowest BCUT2D eigenvalue weighted by molar-refractivity contribution is 0.0661. The summed E-state index contributed by atoms with van der Waals surface area (Å²) in [6.07, 6.45) is 2.93. The molecule has 2 heterocycles. The van der Waals surface area contributed by atoms with Gasteiger partial charge in [0.15, 0.2) is 0 Å². The average molecular weight is 296 g/mol. The summed E-state index contributed by atoms with van der Waals surface area (Å²) < 4.78 is 30.9. The highest BCUT2D eigenvalue weighted by atomic mass is 32.2. The first-order chi connectivity index (χ1) is 9.34. The van der Waals surface area contributed by atoms with E-state index in [0.29, 0.717) is 5.69 Å². The van der Waals surface area contributed by atoms with Gasteiger partial charge in [0.2, 0.25) is 5.76 Å². The zero-order chi connectivity index (χ0) is 14.9. The minimum atomic E-state index is -3.89. The van der Waals surface area contributed by atoms with Gasteiger partial charge in [0.05, 0.1) is 5.69 Å². The maximum Gasteiger partial charge on any atom is 0.371 e. The number of rotatable bonds is 4. The van der Waals surface area contributed by atoms with Crippen molar-refractivity contribution < 1.29 is 22.7 Å². The second-order valence-corrected chi connectivity index (χ2v) is 5.95. The summed E-state index contributed by atoms with van der Waals surface area (Å²) in [6, 6.07) is 4.07. The predicted octanol–water partition coefficient (Wildman–Crippen LogP) is 1.51. The molecule has 7 nitrogen and oxygen atoms in total. The predicted molar refractivity (Wildman–Crippen MR) is 70.2 cm³/mol. The van der Waals surface area contributed by atoms with Crippen molar-refractivity contribution in [3.8, 4) is 0 Å². The standard InChI is InChI=1S/C12H12N2O5S/c1-8-11(7-10(19-8)12(15)16)20(17,18)14(2)9-3-5-13-6-4-9/h3-7H,1-2H3,(H,15,16). The number of pyridine rings is 1. The minimum absolute atomic E-state index is 0.0308. The van der Waals surface area contributed by atoms with Gasteiger partial charge >= 0.3 is 5.97 Å². The molecule has 0 amide bonds. The number of aromatic carboxylic acids is 1. The largest absolute Gasteiger partial charge is 0.475 e. The van der Waals surface area contributed by atoms with E-state index < -0.39 is 21.8 Å². The van der Waals surface area contributed by atoms with Crippen LogP contribution in [0.4, 0.5) is 5.69 Å². The van der Waals surface area contributed by atoms with Crippen molar-refractivity contribution in [2.75, 3.05) is 11.4 Å². The fourth-order valence-corrected chi connectivity index (χ4v) is 3.02. The van der Waals surface area contributed by atoms with Crippen molar-refractivity contribution in [2.45, 2.75) is 11.8 Å². The monoisotopic (exact) mass is 296 g/mol. The van der Waals surface area contributed by atoms with Crippen molar-refractivity contribution in [2.24, 2.45) is 0 Å². The van der Waals surface area contributed by atoms with Crippen LogP contribution in [0.15, 0.2) is 39.9 Å². The lowest BCUT2D eigenvalue weighted by Crippen LogP contribution is -2.26. The molecule has 0 aliphatic carbocycles.